The Morgan fingerprint density at radius 3 is 2.40 bits per heavy atom. The van der Waals surface area contributed by atoms with Crippen molar-refractivity contribution in [3.63, 3.8) is 0 Å². The van der Waals surface area contributed by atoms with Crippen LogP contribution in [0.3, 0.4) is 0 Å². The number of nitrogens with one attached hydrogen (secondary N) is 3. The number of nitrogens with zero attached hydrogens (tertiary/aromatic N) is 2. The van der Waals surface area contributed by atoms with Crippen LogP contribution in [0.2, 0.25) is 0 Å². The van der Waals surface area contributed by atoms with Gasteiger partial charge in [0.1, 0.15) is 28.4 Å². The molecule has 11 heteroatoms. The molecule has 3 amide bonds. The molecule has 0 spiro atoms. The fraction of sp³-hybridized carbons (Fsp3) is 0.290. The first-order valence-corrected chi connectivity index (χ1v) is 13.3. The quantitative estimate of drug-likeness (QED) is 0.255. The molecule has 0 atom stereocenters. The van der Waals surface area contributed by atoms with E-state index < -0.39 is 17.6 Å². The number of benzene rings is 3. The van der Waals surface area contributed by atoms with E-state index in [2.05, 4.69) is 20.6 Å². The third-order valence-corrected chi connectivity index (χ3v) is 6.30. The van der Waals surface area contributed by atoms with E-state index in [-0.39, 0.29) is 12.5 Å². The molecular formula is C31H35N5O6. The fourth-order valence-electron chi connectivity index (χ4n) is 4.30. The van der Waals surface area contributed by atoms with E-state index in [0.29, 0.717) is 50.9 Å². The number of aromatic amines is 1. The summed E-state index contributed by atoms with van der Waals surface area (Å²) in [6, 6.07) is 15.6. The van der Waals surface area contributed by atoms with Gasteiger partial charge in [-0.15, -0.1) is 0 Å². The number of aromatic nitrogens is 2. The second-order valence-corrected chi connectivity index (χ2v) is 10.6. The van der Waals surface area contributed by atoms with Gasteiger partial charge < -0.3 is 34.7 Å². The number of hydrogen-bond donors (Lipinski definition) is 3. The summed E-state index contributed by atoms with van der Waals surface area (Å²) in [4.78, 5) is 47.8. The number of fused-ring (bicyclic) bond motifs is 1. The Balaban J connectivity index is 1.52. The molecule has 0 aliphatic rings. The molecule has 1 heterocycles. The van der Waals surface area contributed by atoms with Gasteiger partial charge in [-0.05, 0) is 75.7 Å². The first kappa shape index (κ1) is 29.9. The zero-order chi connectivity index (χ0) is 30.6. The molecule has 1 aromatic heterocycles. The SMILES string of the molecule is COc1cc(C(=O)N(C)c2ccc(C)cc2OC)ccc1NC(=O)c1cccc2[nH]c(CNC(=O)OC(C)(C)C)nc12. The molecule has 0 aliphatic carbocycles. The highest BCUT2D eigenvalue weighted by molar-refractivity contribution is 6.12. The van der Waals surface area contributed by atoms with Crippen molar-refractivity contribution in [2.45, 2.75) is 39.8 Å². The number of hydrogen-bond acceptors (Lipinski definition) is 7. The van der Waals surface area contributed by atoms with E-state index >= 15 is 0 Å². The standard InChI is InChI=1S/C31H35N5O6/c1-18-11-14-23(25(15-18)41-7)36(5)29(38)19-12-13-21(24(16-19)40-6)34-28(37)20-9-8-10-22-27(20)35-26(33-22)17-32-30(39)42-31(2,3)4/h8-16H,17H2,1-7H3,(H,32,39)(H,33,35)(H,34,37). The lowest BCUT2D eigenvalue weighted by Crippen LogP contribution is -2.32. The molecule has 11 nitrogen and oxygen atoms in total. The topological polar surface area (TPSA) is 135 Å². The molecule has 0 unspecified atom stereocenters. The predicted molar refractivity (Wildman–Crippen MR) is 161 cm³/mol. The predicted octanol–water partition coefficient (Wildman–Crippen LogP) is 5.44. The number of aryl methyl sites for hydroxylation is 1. The Bertz CT molecular complexity index is 1640. The summed E-state index contributed by atoms with van der Waals surface area (Å²) in [6.07, 6.45) is -0.570. The van der Waals surface area contributed by atoms with Gasteiger partial charge in [-0.2, -0.15) is 0 Å². The second-order valence-electron chi connectivity index (χ2n) is 10.6. The maximum absolute atomic E-state index is 13.3. The third kappa shape index (κ3) is 6.80. The van der Waals surface area contributed by atoms with Gasteiger partial charge in [0.05, 0.1) is 43.2 Å². The molecule has 3 N–H and O–H groups in total. The van der Waals surface area contributed by atoms with Gasteiger partial charge in [-0.25, -0.2) is 9.78 Å². The summed E-state index contributed by atoms with van der Waals surface area (Å²) >= 11 is 0. The minimum Gasteiger partial charge on any atom is -0.495 e. The van der Waals surface area contributed by atoms with E-state index in [0.717, 1.165) is 5.56 Å². The Hall–Kier alpha value is -5.06. The summed E-state index contributed by atoms with van der Waals surface area (Å²) in [6.45, 7) is 7.37. The lowest BCUT2D eigenvalue weighted by molar-refractivity contribution is 0.0522. The Morgan fingerprint density at radius 2 is 1.71 bits per heavy atom. The van der Waals surface area contributed by atoms with Gasteiger partial charge in [0.2, 0.25) is 0 Å². The monoisotopic (exact) mass is 573 g/mol. The number of alkyl carbamates (subject to hydrolysis) is 1. The third-order valence-electron chi connectivity index (χ3n) is 6.30. The van der Waals surface area contributed by atoms with Gasteiger partial charge in [0, 0.05) is 12.6 Å². The molecule has 3 aromatic carbocycles. The first-order chi connectivity index (χ1) is 19.9. The van der Waals surface area contributed by atoms with Gasteiger partial charge >= 0.3 is 6.09 Å². The molecule has 4 aromatic rings. The molecule has 0 fully saturated rings. The number of anilines is 2. The van der Waals surface area contributed by atoms with Gasteiger partial charge in [-0.3, -0.25) is 9.59 Å². The van der Waals surface area contributed by atoms with E-state index in [4.69, 9.17) is 14.2 Å². The van der Waals surface area contributed by atoms with Crippen molar-refractivity contribution in [1.82, 2.24) is 15.3 Å². The van der Waals surface area contributed by atoms with E-state index in [9.17, 15) is 14.4 Å². The number of imidazole rings is 1. The molecule has 4 rings (SSSR count). The van der Waals surface area contributed by atoms with Gasteiger partial charge in [0.25, 0.3) is 11.8 Å². The number of rotatable bonds is 8. The minimum absolute atomic E-state index is 0.0941. The molecule has 42 heavy (non-hydrogen) atoms. The Kier molecular flexibility index (Phi) is 8.70. The molecule has 0 bridgehead atoms. The number of H-pyrrole nitrogens is 1. The molecule has 0 saturated heterocycles. The summed E-state index contributed by atoms with van der Waals surface area (Å²) in [5, 5.41) is 5.51. The highest BCUT2D eigenvalue weighted by Crippen LogP contribution is 2.32. The lowest BCUT2D eigenvalue weighted by Gasteiger charge is -2.21. The number of para-hydroxylation sites is 1. The zero-order valence-corrected chi connectivity index (χ0v) is 24.7. The highest BCUT2D eigenvalue weighted by Gasteiger charge is 2.21. The summed E-state index contributed by atoms with van der Waals surface area (Å²) in [5.41, 5.74) is 3.15. The Labute approximate surface area is 244 Å². The molecule has 0 aliphatic heterocycles. The van der Waals surface area contributed by atoms with Crippen LogP contribution in [0, 0.1) is 6.92 Å². The van der Waals surface area contributed by atoms with E-state index in [1.807, 2.05) is 25.1 Å². The first-order valence-electron chi connectivity index (χ1n) is 13.3. The number of amides is 3. The van der Waals surface area contributed by atoms with Crippen LogP contribution >= 0.6 is 0 Å². The van der Waals surface area contributed by atoms with Crippen molar-refractivity contribution >= 4 is 40.3 Å². The second kappa shape index (κ2) is 12.2. The van der Waals surface area contributed by atoms with Crippen LogP contribution in [0.5, 0.6) is 11.5 Å². The van der Waals surface area contributed by atoms with Crippen molar-refractivity contribution in [2.75, 3.05) is 31.5 Å². The minimum atomic E-state index is -0.625. The van der Waals surface area contributed by atoms with Crippen molar-refractivity contribution in [3.05, 3.63) is 77.1 Å². The van der Waals surface area contributed by atoms with Crippen molar-refractivity contribution in [3.8, 4) is 11.5 Å². The number of methoxy groups -OCH3 is 2. The zero-order valence-electron chi connectivity index (χ0n) is 24.7. The van der Waals surface area contributed by atoms with Crippen LogP contribution in [-0.2, 0) is 11.3 Å². The molecule has 220 valence electrons. The smallest absolute Gasteiger partial charge is 0.408 e. The molecule has 0 saturated carbocycles. The molecular weight excluding hydrogens is 538 g/mol. The average molecular weight is 574 g/mol. The normalized spacial score (nSPS) is 11.1. The van der Waals surface area contributed by atoms with Crippen LogP contribution in [-0.4, -0.2) is 54.7 Å². The number of carbonyl (C=O) groups excluding carboxylic acids is 3. The highest BCUT2D eigenvalue weighted by atomic mass is 16.6. The van der Waals surface area contributed by atoms with Crippen LogP contribution in [0.4, 0.5) is 16.2 Å². The van der Waals surface area contributed by atoms with Crippen LogP contribution in [0.25, 0.3) is 11.0 Å². The summed E-state index contributed by atoms with van der Waals surface area (Å²) < 4.78 is 16.2. The van der Waals surface area contributed by atoms with E-state index in [1.54, 1.807) is 71.3 Å². The van der Waals surface area contributed by atoms with Crippen molar-refractivity contribution in [2.24, 2.45) is 0 Å². The van der Waals surface area contributed by atoms with Crippen LogP contribution in [0.15, 0.2) is 54.6 Å². The molecule has 0 radical (unpaired) electrons. The van der Waals surface area contributed by atoms with E-state index in [1.165, 1.54) is 12.0 Å². The number of carbonyl (C=O) groups is 3. The maximum atomic E-state index is 13.3. The average Bonchev–Trinajstić information content (AvgIpc) is 3.38. The van der Waals surface area contributed by atoms with Crippen molar-refractivity contribution < 1.29 is 28.6 Å². The van der Waals surface area contributed by atoms with Gasteiger partial charge in [0.15, 0.2) is 0 Å². The maximum Gasteiger partial charge on any atom is 0.408 e. The lowest BCUT2D eigenvalue weighted by atomic mass is 10.1. The number of ether oxygens (including phenoxy) is 3. The largest absolute Gasteiger partial charge is 0.495 e. The Morgan fingerprint density at radius 1 is 0.976 bits per heavy atom. The summed E-state index contributed by atoms with van der Waals surface area (Å²) in [7, 11) is 4.69. The van der Waals surface area contributed by atoms with Crippen LogP contribution in [0.1, 0.15) is 52.9 Å². The van der Waals surface area contributed by atoms with Crippen molar-refractivity contribution in [1.29, 1.82) is 0 Å². The van der Waals surface area contributed by atoms with Gasteiger partial charge in [-0.1, -0.05) is 12.1 Å². The fourth-order valence-corrected chi connectivity index (χ4v) is 4.30. The van der Waals surface area contributed by atoms with Crippen LogP contribution < -0.4 is 25.0 Å². The summed E-state index contributed by atoms with van der Waals surface area (Å²) in [5.74, 6) is 0.665.